The summed E-state index contributed by atoms with van der Waals surface area (Å²) in [6.07, 6.45) is 6.37. The van der Waals surface area contributed by atoms with Gasteiger partial charge in [0.25, 0.3) is 0 Å². The summed E-state index contributed by atoms with van der Waals surface area (Å²) in [7, 11) is -2.20. The fourth-order valence-electron chi connectivity index (χ4n) is 5.50. The molecule has 3 nitrogen and oxygen atoms in total. The summed E-state index contributed by atoms with van der Waals surface area (Å²) in [5.41, 5.74) is -0.335. The third-order valence-corrected chi connectivity index (χ3v) is 8.18. The lowest BCUT2D eigenvalue weighted by molar-refractivity contribution is -0.0495. The number of halogens is 2. The Morgan fingerprint density at radius 1 is 1.00 bits per heavy atom. The number of rotatable bonds is 3. The van der Waals surface area contributed by atoms with Gasteiger partial charge in [0.1, 0.15) is 0 Å². The standard InChI is InChI=1S/C17H21F2NO2S/c1-20(23(21,22)14-2-3-15(18)16(19)7-14)17-8-11-4-12(9-17)6-13(5-11)10-17/h2-3,7,11-13H,4-6,8-10H2,1H3. The van der Waals surface area contributed by atoms with Crippen molar-refractivity contribution in [1.82, 2.24) is 4.31 Å². The molecule has 4 bridgehead atoms. The summed E-state index contributed by atoms with van der Waals surface area (Å²) in [4.78, 5) is -0.158. The molecule has 6 heteroatoms. The highest BCUT2D eigenvalue weighted by atomic mass is 32.2. The normalized spacial score (nSPS) is 35.9. The largest absolute Gasteiger partial charge is 0.243 e. The lowest BCUT2D eigenvalue weighted by Gasteiger charge is -2.59. The van der Waals surface area contributed by atoms with Crippen LogP contribution in [0.5, 0.6) is 0 Å². The second kappa shape index (κ2) is 4.99. The van der Waals surface area contributed by atoms with E-state index in [1.165, 1.54) is 23.6 Å². The van der Waals surface area contributed by atoms with Gasteiger partial charge in [-0.1, -0.05) is 0 Å². The van der Waals surface area contributed by atoms with E-state index in [9.17, 15) is 17.2 Å². The molecule has 0 saturated heterocycles. The van der Waals surface area contributed by atoms with Crippen LogP contribution in [-0.2, 0) is 10.0 Å². The zero-order valence-corrected chi connectivity index (χ0v) is 14.0. The molecule has 0 radical (unpaired) electrons. The lowest BCUT2D eigenvalue weighted by atomic mass is 9.53. The maximum atomic E-state index is 13.5. The van der Waals surface area contributed by atoms with E-state index >= 15 is 0 Å². The molecule has 4 fully saturated rings. The molecule has 0 heterocycles. The molecular formula is C17H21F2NO2S. The number of nitrogens with zero attached hydrogens (tertiary/aromatic N) is 1. The van der Waals surface area contributed by atoms with E-state index in [0.29, 0.717) is 17.8 Å². The fourth-order valence-corrected chi connectivity index (χ4v) is 7.04. The molecule has 126 valence electrons. The first kappa shape index (κ1) is 15.5. The van der Waals surface area contributed by atoms with Gasteiger partial charge in [-0.2, -0.15) is 4.31 Å². The van der Waals surface area contributed by atoms with Gasteiger partial charge >= 0.3 is 0 Å². The molecule has 1 aromatic rings. The summed E-state index contributed by atoms with van der Waals surface area (Å²) in [5.74, 6) is -0.303. The summed E-state index contributed by atoms with van der Waals surface area (Å²) >= 11 is 0. The smallest absolute Gasteiger partial charge is 0.207 e. The summed E-state index contributed by atoms with van der Waals surface area (Å²) in [6.45, 7) is 0. The van der Waals surface area contributed by atoms with Crippen molar-refractivity contribution in [2.24, 2.45) is 17.8 Å². The Hall–Kier alpha value is -1.01. The third-order valence-electron chi connectivity index (χ3n) is 6.22. The van der Waals surface area contributed by atoms with Crippen LogP contribution in [0.2, 0.25) is 0 Å². The summed E-state index contributed by atoms with van der Waals surface area (Å²) in [5, 5.41) is 0. The molecular weight excluding hydrogens is 320 g/mol. The molecule has 23 heavy (non-hydrogen) atoms. The zero-order chi connectivity index (χ0) is 16.4. The average molecular weight is 341 g/mol. The highest BCUT2D eigenvalue weighted by Crippen LogP contribution is 2.58. The van der Waals surface area contributed by atoms with Gasteiger partial charge in [-0.25, -0.2) is 17.2 Å². The van der Waals surface area contributed by atoms with E-state index in [4.69, 9.17) is 0 Å². The average Bonchev–Trinajstić information content (AvgIpc) is 2.47. The van der Waals surface area contributed by atoms with Crippen molar-refractivity contribution in [1.29, 1.82) is 0 Å². The number of sulfonamides is 1. The minimum atomic E-state index is -3.81. The number of benzene rings is 1. The first-order valence-corrected chi connectivity index (χ1v) is 9.68. The minimum Gasteiger partial charge on any atom is -0.207 e. The Morgan fingerprint density at radius 2 is 1.52 bits per heavy atom. The van der Waals surface area contributed by atoms with Crippen LogP contribution in [0, 0.1) is 29.4 Å². The van der Waals surface area contributed by atoms with E-state index in [2.05, 4.69) is 0 Å². The minimum absolute atomic E-state index is 0.158. The first-order chi connectivity index (χ1) is 10.8. The van der Waals surface area contributed by atoms with Crippen molar-refractivity contribution < 1.29 is 17.2 Å². The summed E-state index contributed by atoms with van der Waals surface area (Å²) < 4.78 is 54.0. The van der Waals surface area contributed by atoms with Crippen molar-refractivity contribution in [2.75, 3.05) is 7.05 Å². The van der Waals surface area contributed by atoms with Crippen molar-refractivity contribution in [3.8, 4) is 0 Å². The topological polar surface area (TPSA) is 37.4 Å². The molecule has 1 aromatic carbocycles. The van der Waals surface area contributed by atoms with Crippen LogP contribution in [-0.4, -0.2) is 25.3 Å². The van der Waals surface area contributed by atoms with Crippen molar-refractivity contribution >= 4 is 10.0 Å². The van der Waals surface area contributed by atoms with Gasteiger partial charge in [0.05, 0.1) is 4.90 Å². The quantitative estimate of drug-likeness (QED) is 0.843. The molecule has 0 aromatic heterocycles. The number of hydrogen-bond donors (Lipinski definition) is 0. The zero-order valence-electron chi connectivity index (χ0n) is 13.1. The van der Waals surface area contributed by atoms with Gasteiger partial charge in [0, 0.05) is 12.6 Å². The molecule has 5 rings (SSSR count). The van der Waals surface area contributed by atoms with Crippen molar-refractivity contribution in [3.05, 3.63) is 29.8 Å². The molecule has 0 aliphatic heterocycles. The van der Waals surface area contributed by atoms with Gasteiger partial charge in [-0.3, -0.25) is 0 Å². The van der Waals surface area contributed by atoms with E-state index < -0.39 is 21.7 Å². The van der Waals surface area contributed by atoms with Crippen LogP contribution in [0.25, 0.3) is 0 Å². The molecule has 4 aliphatic rings. The highest BCUT2D eigenvalue weighted by molar-refractivity contribution is 7.89. The lowest BCUT2D eigenvalue weighted by Crippen LogP contribution is -2.60. The van der Waals surface area contributed by atoms with Crippen LogP contribution < -0.4 is 0 Å². The van der Waals surface area contributed by atoms with Gasteiger partial charge < -0.3 is 0 Å². The molecule has 0 unspecified atom stereocenters. The Kier molecular flexibility index (Phi) is 3.37. The first-order valence-electron chi connectivity index (χ1n) is 8.24. The Labute approximate surface area is 135 Å². The molecule has 0 spiro atoms. The summed E-state index contributed by atoms with van der Waals surface area (Å²) in [6, 6.07) is 2.84. The van der Waals surface area contributed by atoms with E-state index in [-0.39, 0.29) is 10.4 Å². The predicted molar refractivity (Wildman–Crippen MR) is 82.2 cm³/mol. The third kappa shape index (κ3) is 2.33. The van der Waals surface area contributed by atoms with E-state index in [1.54, 1.807) is 7.05 Å². The molecule has 0 atom stereocenters. The molecule has 0 amide bonds. The Bertz CT molecular complexity index is 712. The predicted octanol–water partition coefficient (Wildman–Crippen LogP) is 3.55. The SMILES string of the molecule is CN(C12CC3CC(CC(C3)C1)C2)S(=O)(=O)c1ccc(F)c(F)c1. The highest BCUT2D eigenvalue weighted by Gasteiger charge is 2.55. The Morgan fingerprint density at radius 3 is 2.00 bits per heavy atom. The molecule has 4 saturated carbocycles. The van der Waals surface area contributed by atoms with Gasteiger partial charge in [-0.05, 0) is 74.5 Å². The maximum Gasteiger partial charge on any atom is 0.243 e. The van der Waals surface area contributed by atoms with Crippen LogP contribution in [0.3, 0.4) is 0 Å². The van der Waals surface area contributed by atoms with Gasteiger partial charge in [0.2, 0.25) is 10.0 Å². The van der Waals surface area contributed by atoms with Crippen molar-refractivity contribution in [2.45, 2.75) is 49.0 Å². The van der Waals surface area contributed by atoms with Gasteiger partial charge in [0.15, 0.2) is 11.6 Å². The monoisotopic (exact) mass is 341 g/mol. The van der Waals surface area contributed by atoms with E-state index in [0.717, 1.165) is 37.5 Å². The van der Waals surface area contributed by atoms with E-state index in [1.807, 2.05) is 0 Å². The molecule has 0 N–H and O–H groups in total. The van der Waals surface area contributed by atoms with Crippen LogP contribution in [0.4, 0.5) is 8.78 Å². The van der Waals surface area contributed by atoms with Crippen LogP contribution >= 0.6 is 0 Å². The van der Waals surface area contributed by atoms with Gasteiger partial charge in [-0.15, -0.1) is 0 Å². The second-order valence-corrected chi connectivity index (χ2v) is 9.66. The molecule has 4 aliphatic carbocycles. The Balaban J connectivity index is 1.70. The fraction of sp³-hybridized carbons (Fsp3) is 0.647. The van der Waals surface area contributed by atoms with Crippen LogP contribution in [0.15, 0.2) is 23.1 Å². The van der Waals surface area contributed by atoms with Crippen LogP contribution in [0.1, 0.15) is 38.5 Å². The second-order valence-electron chi connectivity index (χ2n) is 7.69. The maximum absolute atomic E-state index is 13.5. The van der Waals surface area contributed by atoms with Crippen molar-refractivity contribution in [3.63, 3.8) is 0 Å². The number of hydrogen-bond acceptors (Lipinski definition) is 2.